The van der Waals surface area contributed by atoms with Crippen molar-refractivity contribution in [2.45, 2.75) is 17.7 Å². The fraction of sp³-hybridized carbons (Fsp3) is 0.435. The summed E-state index contributed by atoms with van der Waals surface area (Å²) in [6.07, 6.45) is 3.42. The van der Waals surface area contributed by atoms with Gasteiger partial charge in [0.25, 0.3) is 5.91 Å². The smallest absolute Gasteiger partial charge is 0.257 e. The number of carbonyl (C=O) groups is 1. The number of methoxy groups -OCH3 is 1. The normalized spacial score (nSPS) is 16.8. The molecule has 7 nitrogen and oxygen atoms in total. The molecule has 0 spiro atoms. The van der Waals surface area contributed by atoms with E-state index in [1.165, 1.54) is 12.1 Å². The lowest BCUT2D eigenvalue weighted by Gasteiger charge is -2.36. The zero-order valence-electron chi connectivity index (χ0n) is 17.9. The number of rotatable bonds is 7. The van der Waals surface area contributed by atoms with Crippen LogP contribution in [0.5, 0.6) is 11.5 Å². The van der Waals surface area contributed by atoms with Crippen LogP contribution in [0.15, 0.2) is 47.4 Å². The lowest BCUT2D eigenvalue weighted by molar-refractivity contribution is 0.0741. The summed E-state index contributed by atoms with van der Waals surface area (Å²) in [7, 11) is -1.78. The Morgan fingerprint density at radius 2 is 1.71 bits per heavy atom. The van der Waals surface area contributed by atoms with Gasteiger partial charge >= 0.3 is 0 Å². The van der Waals surface area contributed by atoms with Crippen molar-refractivity contribution in [2.75, 3.05) is 51.1 Å². The van der Waals surface area contributed by atoms with Crippen molar-refractivity contribution >= 4 is 21.4 Å². The SMILES string of the molecule is COc1ccc(N2CCN(C(=O)c3cc(S(C)(=O)=O)ccc3OCC3CC3)CC2)cc1. The molecule has 1 aliphatic carbocycles. The van der Waals surface area contributed by atoms with Crippen LogP contribution in [0, 0.1) is 5.92 Å². The van der Waals surface area contributed by atoms with Gasteiger partial charge in [-0.2, -0.15) is 0 Å². The Labute approximate surface area is 183 Å². The van der Waals surface area contributed by atoms with E-state index < -0.39 is 9.84 Å². The first-order valence-electron chi connectivity index (χ1n) is 10.5. The van der Waals surface area contributed by atoms with Gasteiger partial charge in [0.2, 0.25) is 0 Å². The maximum Gasteiger partial charge on any atom is 0.257 e. The monoisotopic (exact) mass is 444 g/mol. The maximum absolute atomic E-state index is 13.3. The second-order valence-electron chi connectivity index (χ2n) is 8.16. The van der Waals surface area contributed by atoms with Crippen LogP contribution in [0.1, 0.15) is 23.2 Å². The average Bonchev–Trinajstić information content (AvgIpc) is 3.61. The van der Waals surface area contributed by atoms with E-state index in [1.54, 1.807) is 18.1 Å². The summed E-state index contributed by atoms with van der Waals surface area (Å²) < 4.78 is 35.2. The molecule has 0 unspecified atom stereocenters. The first-order chi connectivity index (χ1) is 14.8. The minimum atomic E-state index is -3.42. The first kappa shape index (κ1) is 21.5. The Morgan fingerprint density at radius 3 is 2.29 bits per heavy atom. The molecule has 4 rings (SSSR count). The van der Waals surface area contributed by atoms with E-state index in [0.717, 1.165) is 30.5 Å². The fourth-order valence-corrected chi connectivity index (χ4v) is 4.30. The molecule has 31 heavy (non-hydrogen) atoms. The molecule has 0 atom stereocenters. The Kier molecular flexibility index (Phi) is 6.09. The number of benzene rings is 2. The molecule has 8 heteroatoms. The molecule has 1 aliphatic heterocycles. The summed E-state index contributed by atoms with van der Waals surface area (Å²) >= 11 is 0. The van der Waals surface area contributed by atoms with Crippen molar-refractivity contribution in [3.63, 3.8) is 0 Å². The highest BCUT2D eigenvalue weighted by molar-refractivity contribution is 7.90. The number of nitrogens with zero attached hydrogens (tertiary/aromatic N) is 2. The minimum absolute atomic E-state index is 0.131. The van der Waals surface area contributed by atoms with E-state index >= 15 is 0 Å². The molecule has 0 N–H and O–H groups in total. The van der Waals surface area contributed by atoms with Crippen LogP contribution in [0.4, 0.5) is 5.69 Å². The number of amides is 1. The van der Waals surface area contributed by atoms with Crippen molar-refractivity contribution < 1.29 is 22.7 Å². The number of hydrogen-bond donors (Lipinski definition) is 0. The van der Waals surface area contributed by atoms with E-state index in [4.69, 9.17) is 9.47 Å². The lowest BCUT2D eigenvalue weighted by atomic mass is 10.1. The summed E-state index contributed by atoms with van der Waals surface area (Å²) in [6, 6.07) is 12.4. The Hall–Kier alpha value is -2.74. The molecule has 166 valence electrons. The van der Waals surface area contributed by atoms with Gasteiger partial charge in [-0.1, -0.05) is 0 Å². The Morgan fingerprint density at radius 1 is 1.03 bits per heavy atom. The van der Waals surface area contributed by atoms with Crippen molar-refractivity contribution in [1.29, 1.82) is 0 Å². The summed E-state index contributed by atoms with van der Waals surface area (Å²) in [4.78, 5) is 17.4. The minimum Gasteiger partial charge on any atom is -0.497 e. The number of ether oxygens (including phenoxy) is 2. The van der Waals surface area contributed by atoms with Gasteiger partial charge < -0.3 is 19.3 Å². The van der Waals surface area contributed by atoms with Crippen molar-refractivity contribution in [1.82, 2.24) is 4.90 Å². The van der Waals surface area contributed by atoms with E-state index in [9.17, 15) is 13.2 Å². The molecule has 1 saturated carbocycles. The highest BCUT2D eigenvalue weighted by Gasteiger charge is 2.27. The van der Waals surface area contributed by atoms with Crippen LogP contribution in [0.25, 0.3) is 0 Å². The lowest BCUT2D eigenvalue weighted by Crippen LogP contribution is -2.48. The molecule has 1 amide bonds. The largest absolute Gasteiger partial charge is 0.497 e. The molecule has 0 aromatic heterocycles. The third kappa shape index (κ3) is 5.12. The Bertz CT molecular complexity index is 1040. The van der Waals surface area contributed by atoms with Crippen LogP contribution < -0.4 is 14.4 Å². The van der Waals surface area contributed by atoms with Gasteiger partial charge in [-0.05, 0) is 61.2 Å². The number of carbonyl (C=O) groups excluding carboxylic acids is 1. The van der Waals surface area contributed by atoms with Crippen molar-refractivity contribution in [3.8, 4) is 11.5 Å². The molecular weight excluding hydrogens is 416 g/mol. The number of sulfone groups is 1. The van der Waals surface area contributed by atoms with Gasteiger partial charge in [0, 0.05) is 38.1 Å². The quantitative estimate of drug-likeness (QED) is 0.654. The molecule has 2 aromatic carbocycles. The first-order valence-corrected chi connectivity index (χ1v) is 12.4. The van der Waals surface area contributed by atoms with E-state index in [0.29, 0.717) is 50.0 Å². The molecule has 0 radical (unpaired) electrons. The van der Waals surface area contributed by atoms with Crippen LogP contribution in [0.2, 0.25) is 0 Å². The van der Waals surface area contributed by atoms with Gasteiger partial charge in [-0.15, -0.1) is 0 Å². The molecule has 1 saturated heterocycles. The van der Waals surface area contributed by atoms with Crippen LogP contribution in [-0.2, 0) is 9.84 Å². The van der Waals surface area contributed by atoms with Gasteiger partial charge in [-0.25, -0.2) is 8.42 Å². The second-order valence-corrected chi connectivity index (χ2v) is 10.2. The van der Waals surface area contributed by atoms with E-state index in [1.807, 2.05) is 24.3 Å². The van der Waals surface area contributed by atoms with Gasteiger partial charge in [0.15, 0.2) is 9.84 Å². The zero-order chi connectivity index (χ0) is 22.0. The molecular formula is C23H28N2O5S. The maximum atomic E-state index is 13.3. The topological polar surface area (TPSA) is 76.2 Å². The molecule has 2 aliphatic rings. The van der Waals surface area contributed by atoms with Crippen LogP contribution >= 0.6 is 0 Å². The van der Waals surface area contributed by atoms with Gasteiger partial charge in [0.05, 0.1) is 24.2 Å². The van der Waals surface area contributed by atoms with Gasteiger partial charge in [-0.3, -0.25) is 4.79 Å². The van der Waals surface area contributed by atoms with Crippen molar-refractivity contribution in [3.05, 3.63) is 48.0 Å². The highest BCUT2D eigenvalue weighted by Crippen LogP contribution is 2.32. The van der Waals surface area contributed by atoms with E-state index in [-0.39, 0.29) is 10.8 Å². The molecule has 2 aromatic rings. The van der Waals surface area contributed by atoms with Crippen LogP contribution in [-0.4, -0.2) is 65.4 Å². The number of hydrogen-bond acceptors (Lipinski definition) is 6. The van der Waals surface area contributed by atoms with Crippen molar-refractivity contribution in [2.24, 2.45) is 5.92 Å². The zero-order valence-corrected chi connectivity index (χ0v) is 18.7. The molecule has 1 heterocycles. The predicted octanol–water partition coefficient (Wildman–Crippen LogP) is 2.85. The van der Waals surface area contributed by atoms with Crippen LogP contribution in [0.3, 0.4) is 0 Å². The number of anilines is 1. The summed E-state index contributed by atoms with van der Waals surface area (Å²) in [5, 5.41) is 0. The molecule has 2 fully saturated rings. The fourth-order valence-electron chi connectivity index (χ4n) is 3.66. The summed E-state index contributed by atoms with van der Waals surface area (Å²) in [5.41, 5.74) is 1.40. The standard InChI is InChI=1S/C23H28N2O5S/c1-29-19-7-5-18(6-8-19)24-11-13-25(14-12-24)23(26)21-15-20(31(2,27)28)9-10-22(21)30-16-17-3-4-17/h5-10,15,17H,3-4,11-14,16H2,1-2H3. The summed E-state index contributed by atoms with van der Waals surface area (Å²) in [5.74, 6) is 1.61. The third-order valence-electron chi connectivity index (χ3n) is 5.79. The average molecular weight is 445 g/mol. The molecule has 0 bridgehead atoms. The summed E-state index contributed by atoms with van der Waals surface area (Å²) in [6.45, 7) is 3.06. The predicted molar refractivity (Wildman–Crippen MR) is 119 cm³/mol. The number of piperazine rings is 1. The Balaban J connectivity index is 1.48. The highest BCUT2D eigenvalue weighted by atomic mass is 32.2. The third-order valence-corrected chi connectivity index (χ3v) is 6.90. The second kappa shape index (κ2) is 8.78. The van der Waals surface area contributed by atoms with E-state index in [2.05, 4.69) is 4.90 Å². The van der Waals surface area contributed by atoms with Gasteiger partial charge in [0.1, 0.15) is 11.5 Å².